The SMILES string of the molecule is COc1cc(N(C)c2ccc(Oc3cccc(-n4cccc4)c3)cn2)ccc1F. The Bertz CT molecular complexity index is 1100. The summed E-state index contributed by atoms with van der Waals surface area (Å²) in [5, 5.41) is 0. The molecule has 2 heterocycles. The van der Waals surface area contributed by atoms with Crippen LogP contribution < -0.4 is 14.4 Å². The minimum Gasteiger partial charge on any atom is -0.494 e. The molecule has 2 aromatic carbocycles. The molecule has 4 rings (SSSR count). The highest BCUT2D eigenvalue weighted by atomic mass is 19.1. The fraction of sp³-hybridized carbons (Fsp3) is 0.0870. The molecule has 29 heavy (non-hydrogen) atoms. The molecule has 0 amide bonds. The number of aromatic nitrogens is 2. The number of nitrogens with zero attached hydrogens (tertiary/aromatic N) is 3. The van der Waals surface area contributed by atoms with Gasteiger partial charge < -0.3 is 18.9 Å². The Kier molecular flexibility index (Phi) is 5.16. The topological polar surface area (TPSA) is 39.5 Å². The number of halogens is 1. The molecule has 2 aromatic heterocycles. The Morgan fingerprint density at radius 2 is 1.76 bits per heavy atom. The number of ether oxygens (including phenoxy) is 2. The molecule has 0 saturated heterocycles. The number of hydrogen-bond acceptors (Lipinski definition) is 4. The first-order valence-corrected chi connectivity index (χ1v) is 9.08. The third-order valence-corrected chi connectivity index (χ3v) is 4.54. The largest absolute Gasteiger partial charge is 0.494 e. The summed E-state index contributed by atoms with van der Waals surface area (Å²) in [7, 11) is 3.30. The van der Waals surface area contributed by atoms with Gasteiger partial charge in [-0.1, -0.05) is 6.07 Å². The molecule has 4 aromatic rings. The molecule has 0 atom stereocenters. The zero-order chi connectivity index (χ0) is 20.2. The molecule has 6 heteroatoms. The molecular weight excluding hydrogens is 369 g/mol. The van der Waals surface area contributed by atoms with Gasteiger partial charge in [0.15, 0.2) is 11.6 Å². The van der Waals surface area contributed by atoms with Gasteiger partial charge in [-0.05, 0) is 48.5 Å². The second-order valence-electron chi connectivity index (χ2n) is 6.42. The van der Waals surface area contributed by atoms with Crippen molar-refractivity contribution in [2.24, 2.45) is 0 Å². The van der Waals surface area contributed by atoms with E-state index < -0.39 is 5.82 Å². The highest BCUT2D eigenvalue weighted by Crippen LogP contribution is 2.29. The summed E-state index contributed by atoms with van der Waals surface area (Å²) in [6.45, 7) is 0. The number of benzene rings is 2. The number of hydrogen-bond donors (Lipinski definition) is 0. The average molecular weight is 389 g/mol. The predicted octanol–water partition coefficient (Wildman–Crippen LogP) is 5.58. The summed E-state index contributed by atoms with van der Waals surface area (Å²) in [4.78, 5) is 6.31. The van der Waals surface area contributed by atoms with Crippen molar-refractivity contribution in [1.29, 1.82) is 0 Å². The molecule has 0 aliphatic carbocycles. The fourth-order valence-electron chi connectivity index (χ4n) is 2.97. The molecule has 0 spiro atoms. The lowest BCUT2D eigenvalue weighted by Crippen LogP contribution is -2.11. The van der Waals surface area contributed by atoms with E-state index in [-0.39, 0.29) is 5.75 Å². The predicted molar refractivity (Wildman–Crippen MR) is 111 cm³/mol. The summed E-state index contributed by atoms with van der Waals surface area (Å²) in [5.74, 6) is 1.85. The molecule has 0 aliphatic rings. The summed E-state index contributed by atoms with van der Waals surface area (Å²) < 4.78 is 26.6. The molecule has 0 saturated carbocycles. The lowest BCUT2D eigenvalue weighted by atomic mass is 10.2. The molecule has 0 radical (unpaired) electrons. The van der Waals surface area contributed by atoms with Gasteiger partial charge in [0.25, 0.3) is 0 Å². The third kappa shape index (κ3) is 4.06. The van der Waals surface area contributed by atoms with Crippen LogP contribution in [0.5, 0.6) is 17.2 Å². The van der Waals surface area contributed by atoms with Crippen LogP contribution in [0.2, 0.25) is 0 Å². The van der Waals surface area contributed by atoms with E-state index >= 15 is 0 Å². The maximum Gasteiger partial charge on any atom is 0.165 e. The van der Waals surface area contributed by atoms with Crippen molar-refractivity contribution >= 4 is 11.5 Å². The van der Waals surface area contributed by atoms with Crippen LogP contribution >= 0.6 is 0 Å². The maximum absolute atomic E-state index is 13.6. The van der Waals surface area contributed by atoms with Crippen molar-refractivity contribution in [3.05, 3.63) is 91.1 Å². The molecule has 0 N–H and O–H groups in total. The van der Waals surface area contributed by atoms with E-state index in [1.54, 1.807) is 18.3 Å². The number of anilines is 2. The van der Waals surface area contributed by atoms with Gasteiger partial charge in [0, 0.05) is 42.9 Å². The van der Waals surface area contributed by atoms with E-state index in [0.717, 1.165) is 17.1 Å². The highest BCUT2D eigenvalue weighted by molar-refractivity contribution is 5.61. The Morgan fingerprint density at radius 1 is 0.931 bits per heavy atom. The van der Waals surface area contributed by atoms with Crippen LogP contribution in [0.1, 0.15) is 0 Å². The van der Waals surface area contributed by atoms with Gasteiger partial charge in [-0.2, -0.15) is 0 Å². The minimum absolute atomic E-state index is 0.192. The first kappa shape index (κ1) is 18.6. The smallest absolute Gasteiger partial charge is 0.165 e. The van der Waals surface area contributed by atoms with Gasteiger partial charge in [-0.25, -0.2) is 9.37 Å². The van der Waals surface area contributed by atoms with Crippen LogP contribution in [0.25, 0.3) is 5.69 Å². The molecule has 5 nitrogen and oxygen atoms in total. The zero-order valence-electron chi connectivity index (χ0n) is 16.1. The highest BCUT2D eigenvalue weighted by Gasteiger charge is 2.10. The van der Waals surface area contributed by atoms with E-state index in [2.05, 4.69) is 4.98 Å². The van der Waals surface area contributed by atoms with Crippen molar-refractivity contribution in [1.82, 2.24) is 9.55 Å². The van der Waals surface area contributed by atoms with Crippen LogP contribution in [0, 0.1) is 5.82 Å². The average Bonchev–Trinajstić information content (AvgIpc) is 3.29. The maximum atomic E-state index is 13.6. The number of methoxy groups -OCH3 is 1. The van der Waals surface area contributed by atoms with Crippen LogP contribution in [0.3, 0.4) is 0 Å². The Morgan fingerprint density at radius 3 is 2.48 bits per heavy atom. The lowest BCUT2D eigenvalue weighted by Gasteiger charge is -2.19. The third-order valence-electron chi connectivity index (χ3n) is 4.54. The molecule has 0 aliphatic heterocycles. The van der Waals surface area contributed by atoms with Gasteiger partial charge in [0.1, 0.15) is 17.3 Å². The molecule has 0 bridgehead atoms. The van der Waals surface area contributed by atoms with E-state index in [1.165, 1.54) is 13.2 Å². The van der Waals surface area contributed by atoms with Gasteiger partial charge in [-0.3, -0.25) is 0 Å². The van der Waals surface area contributed by atoms with Crippen molar-refractivity contribution in [2.45, 2.75) is 0 Å². The van der Waals surface area contributed by atoms with Gasteiger partial charge in [0.2, 0.25) is 0 Å². The summed E-state index contributed by atoms with van der Waals surface area (Å²) >= 11 is 0. The summed E-state index contributed by atoms with van der Waals surface area (Å²) in [6.07, 6.45) is 5.63. The van der Waals surface area contributed by atoms with Gasteiger partial charge in [0.05, 0.1) is 13.3 Å². The Hall–Kier alpha value is -3.80. The van der Waals surface area contributed by atoms with E-state index in [9.17, 15) is 4.39 Å². The minimum atomic E-state index is -0.400. The van der Waals surface area contributed by atoms with E-state index in [0.29, 0.717) is 11.6 Å². The number of pyridine rings is 1. The monoisotopic (exact) mass is 389 g/mol. The van der Waals surface area contributed by atoms with E-state index in [4.69, 9.17) is 9.47 Å². The first-order valence-electron chi connectivity index (χ1n) is 9.08. The summed E-state index contributed by atoms with van der Waals surface area (Å²) in [5.41, 5.74) is 1.78. The number of rotatable bonds is 6. The Balaban J connectivity index is 1.50. The van der Waals surface area contributed by atoms with Gasteiger partial charge in [-0.15, -0.1) is 0 Å². The normalized spacial score (nSPS) is 10.6. The van der Waals surface area contributed by atoms with Gasteiger partial charge >= 0.3 is 0 Å². The molecule has 146 valence electrons. The molecule has 0 fully saturated rings. The van der Waals surface area contributed by atoms with Crippen LogP contribution in [0.15, 0.2) is 85.3 Å². The van der Waals surface area contributed by atoms with E-state index in [1.807, 2.05) is 77.4 Å². The van der Waals surface area contributed by atoms with Crippen LogP contribution in [-0.2, 0) is 0 Å². The van der Waals surface area contributed by atoms with Crippen LogP contribution in [0.4, 0.5) is 15.9 Å². The van der Waals surface area contributed by atoms with Crippen molar-refractivity contribution in [3.8, 4) is 22.9 Å². The first-order chi connectivity index (χ1) is 14.1. The van der Waals surface area contributed by atoms with Crippen molar-refractivity contribution in [2.75, 3.05) is 19.1 Å². The quantitative estimate of drug-likeness (QED) is 0.432. The lowest BCUT2D eigenvalue weighted by molar-refractivity contribution is 0.386. The molecule has 0 unspecified atom stereocenters. The van der Waals surface area contributed by atoms with Crippen molar-refractivity contribution in [3.63, 3.8) is 0 Å². The van der Waals surface area contributed by atoms with Crippen LogP contribution in [-0.4, -0.2) is 23.7 Å². The van der Waals surface area contributed by atoms with Crippen molar-refractivity contribution < 1.29 is 13.9 Å². The molecular formula is C23H20FN3O2. The second kappa shape index (κ2) is 8.06. The standard InChI is InChI=1S/C23H20FN3O2/c1-26(17-8-10-21(24)22(15-17)28-2)23-11-9-20(16-25-23)29-19-7-5-6-18(14-19)27-12-3-4-13-27/h3-16H,1-2H3. The zero-order valence-corrected chi connectivity index (χ0v) is 16.1. The Labute approximate surface area is 168 Å². The summed E-state index contributed by atoms with van der Waals surface area (Å²) in [6, 6.07) is 20.2. The fourth-order valence-corrected chi connectivity index (χ4v) is 2.97. The second-order valence-corrected chi connectivity index (χ2v) is 6.42.